The van der Waals surface area contributed by atoms with Gasteiger partial charge in [0.25, 0.3) is 10.0 Å². The van der Waals surface area contributed by atoms with Gasteiger partial charge in [0.15, 0.2) is 0 Å². The molecule has 4 nitrogen and oxygen atoms in total. The number of aromatic nitrogens is 1. The van der Waals surface area contributed by atoms with Crippen molar-refractivity contribution in [3.63, 3.8) is 0 Å². The van der Waals surface area contributed by atoms with Crippen molar-refractivity contribution in [3.05, 3.63) is 51.4 Å². The number of rotatable bonds is 4. The van der Waals surface area contributed by atoms with E-state index in [4.69, 9.17) is 0 Å². The summed E-state index contributed by atoms with van der Waals surface area (Å²) in [6.07, 6.45) is -4.58. The molecule has 24 heavy (non-hydrogen) atoms. The average molecular weight is 470 g/mol. The minimum absolute atomic E-state index is 0.00134. The maximum absolute atomic E-state index is 12.6. The van der Waals surface area contributed by atoms with E-state index < -0.39 is 21.9 Å². The normalized spacial score (nSPS) is 12.5. The molecule has 0 atom stereocenters. The number of benzene rings is 1. The second kappa shape index (κ2) is 6.87. The maximum atomic E-state index is 12.6. The Kier molecular flexibility index (Phi) is 5.43. The van der Waals surface area contributed by atoms with E-state index in [9.17, 15) is 21.6 Å². The Morgan fingerprint density at radius 1 is 1.17 bits per heavy atom. The van der Waals surface area contributed by atoms with E-state index >= 15 is 0 Å². The number of pyridine rings is 1. The van der Waals surface area contributed by atoms with Crippen molar-refractivity contribution in [1.82, 2.24) is 4.98 Å². The van der Waals surface area contributed by atoms with Gasteiger partial charge in [-0.25, -0.2) is 13.4 Å². The van der Waals surface area contributed by atoms with Gasteiger partial charge in [0, 0.05) is 0 Å². The fraction of sp³-hybridized carbons (Fsp3) is 0.267. The zero-order chi connectivity index (χ0) is 18.1. The molecule has 0 fully saturated rings. The standard InChI is InChI=1S/C15H14F3IN2O2S/c1-9(2)10-4-3-5-11(8-10)24(22,23)21-12-6-7-13(15(16,17)18)20-14(12)19/h3-9,21H,1-2H3. The lowest BCUT2D eigenvalue weighted by molar-refractivity contribution is -0.141. The molecular weight excluding hydrogens is 456 g/mol. The molecule has 0 bridgehead atoms. The highest BCUT2D eigenvalue weighted by Gasteiger charge is 2.33. The number of alkyl halides is 3. The predicted molar refractivity (Wildman–Crippen MR) is 93.3 cm³/mol. The molecule has 1 N–H and O–H groups in total. The summed E-state index contributed by atoms with van der Waals surface area (Å²) in [7, 11) is -3.92. The van der Waals surface area contributed by atoms with Crippen LogP contribution in [-0.2, 0) is 16.2 Å². The predicted octanol–water partition coefficient (Wildman–Crippen LogP) is 4.63. The van der Waals surface area contributed by atoms with Crippen LogP contribution in [0, 0.1) is 3.70 Å². The van der Waals surface area contributed by atoms with E-state index in [0.717, 1.165) is 17.7 Å². The van der Waals surface area contributed by atoms with Gasteiger partial charge < -0.3 is 0 Å². The highest BCUT2D eigenvalue weighted by molar-refractivity contribution is 14.1. The molecule has 0 spiro atoms. The number of halogens is 4. The average Bonchev–Trinajstić information content (AvgIpc) is 2.48. The molecule has 0 saturated heterocycles. The third-order valence-corrected chi connectivity index (χ3v) is 5.40. The van der Waals surface area contributed by atoms with Gasteiger partial charge in [-0.15, -0.1) is 0 Å². The van der Waals surface area contributed by atoms with E-state index in [-0.39, 0.29) is 20.2 Å². The first-order valence-electron chi connectivity index (χ1n) is 6.87. The largest absolute Gasteiger partial charge is 0.433 e. The smallest absolute Gasteiger partial charge is 0.277 e. The molecule has 1 aromatic carbocycles. The van der Waals surface area contributed by atoms with Crippen LogP contribution >= 0.6 is 22.6 Å². The highest BCUT2D eigenvalue weighted by atomic mass is 127. The lowest BCUT2D eigenvalue weighted by Crippen LogP contribution is -2.16. The molecule has 9 heteroatoms. The summed E-state index contributed by atoms with van der Waals surface area (Å²) < 4.78 is 65.0. The quantitative estimate of drug-likeness (QED) is 0.524. The Morgan fingerprint density at radius 2 is 1.83 bits per heavy atom. The SMILES string of the molecule is CC(C)c1cccc(S(=O)(=O)Nc2ccc(C(F)(F)F)nc2I)c1. The number of sulfonamides is 1. The van der Waals surface area contributed by atoms with Gasteiger partial charge in [-0.1, -0.05) is 26.0 Å². The summed E-state index contributed by atoms with van der Waals surface area (Å²) in [6.45, 7) is 3.86. The minimum atomic E-state index is -4.58. The third kappa shape index (κ3) is 4.38. The first kappa shape index (κ1) is 19.0. The summed E-state index contributed by atoms with van der Waals surface area (Å²) >= 11 is 1.56. The number of hydrogen-bond donors (Lipinski definition) is 1. The van der Waals surface area contributed by atoms with Crippen molar-refractivity contribution < 1.29 is 21.6 Å². The van der Waals surface area contributed by atoms with Crippen LogP contribution in [0.3, 0.4) is 0 Å². The van der Waals surface area contributed by atoms with Crippen molar-refractivity contribution in [1.29, 1.82) is 0 Å². The molecule has 130 valence electrons. The second-order valence-corrected chi connectivity index (χ2v) is 8.07. The van der Waals surface area contributed by atoms with Gasteiger partial charge in [0.2, 0.25) is 0 Å². The van der Waals surface area contributed by atoms with Gasteiger partial charge in [0.1, 0.15) is 9.39 Å². The van der Waals surface area contributed by atoms with Crippen LogP contribution in [0.5, 0.6) is 0 Å². The fourth-order valence-electron chi connectivity index (χ4n) is 1.91. The zero-order valence-corrected chi connectivity index (χ0v) is 15.7. The highest BCUT2D eigenvalue weighted by Crippen LogP contribution is 2.30. The summed E-state index contributed by atoms with van der Waals surface area (Å²) in [5, 5.41) is 0. The van der Waals surface area contributed by atoms with Crippen LogP contribution in [0.2, 0.25) is 0 Å². The summed E-state index contributed by atoms with van der Waals surface area (Å²) in [4.78, 5) is 3.45. The van der Waals surface area contributed by atoms with E-state index in [2.05, 4.69) is 9.71 Å². The van der Waals surface area contributed by atoms with E-state index in [0.29, 0.717) is 0 Å². The van der Waals surface area contributed by atoms with Gasteiger partial charge in [-0.2, -0.15) is 13.2 Å². The van der Waals surface area contributed by atoms with E-state index in [1.54, 1.807) is 28.7 Å². The molecule has 0 aliphatic carbocycles. The molecule has 0 radical (unpaired) electrons. The van der Waals surface area contributed by atoms with Gasteiger partial charge in [-0.3, -0.25) is 4.72 Å². The number of anilines is 1. The second-order valence-electron chi connectivity index (χ2n) is 5.37. The minimum Gasteiger partial charge on any atom is -0.277 e. The lowest BCUT2D eigenvalue weighted by atomic mass is 10.0. The zero-order valence-electron chi connectivity index (χ0n) is 12.7. The van der Waals surface area contributed by atoms with Crippen molar-refractivity contribution in [2.75, 3.05) is 4.72 Å². The first-order valence-corrected chi connectivity index (χ1v) is 9.43. The topological polar surface area (TPSA) is 59.1 Å². The van der Waals surface area contributed by atoms with Crippen molar-refractivity contribution >= 4 is 38.3 Å². The number of nitrogens with one attached hydrogen (secondary N) is 1. The molecule has 2 aromatic rings. The number of hydrogen-bond acceptors (Lipinski definition) is 3. The monoisotopic (exact) mass is 470 g/mol. The molecule has 1 aromatic heterocycles. The Hall–Kier alpha value is -1.36. The van der Waals surface area contributed by atoms with E-state index in [1.165, 1.54) is 12.1 Å². The lowest BCUT2D eigenvalue weighted by Gasteiger charge is -2.13. The fourth-order valence-corrected chi connectivity index (χ4v) is 3.79. The van der Waals surface area contributed by atoms with Crippen molar-refractivity contribution in [3.8, 4) is 0 Å². The molecular formula is C15H14F3IN2O2S. The van der Waals surface area contributed by atoms with Crippen LogP contribution in [0.25, 0.3) is 0 Å². The van der Waals surface area contributed by atoms with Gasteiger partial charge in [0.05, 0.1) is 10.6 Å². The maximum Gasteiger partial charge on any atom is 0.433 e. The van der Waals surface area contributed by atoms with Crippen LogP contribution in [0.1, 0.15) is 31.0 Å². The Morgan fingerprint density at radius 3 is 2.38 bits per heavy atom. The molecule has 1 heterocycles. The molecule has 0 aliphatic rings. The van der Waals surface area contributed by atoms with Gasteiger partial charge in [-0.05, 0) is 58.3 Å². The van der Waals surface area contributed by atoms with Crippen molar-refractivity contribution in [2.24, 2.45) is 0 Å². The molecule has 0 amide bonds. The van der Waals surface area contributed by atoms with Crippen LogP contribution < -0.4 is 4.72 Å². The molecule has 0 aliphatic heterocycles. The third-order valence-electron chi connectivity index (χ3n) is 3.22. The summed E-state index contributed by atoms with van der Waals surface area (Å²) in [5.41, 5.74) is -0.228. The van der Waals surface area contributed by atoms with Gasteiger partial charge >= 0.3 is 6.18 Å². The molecule has 0 unspecified atom stereocenters. The van der Waals surface area contributed by atoms with Crippen LogP contribution in [0.15, 0.2) is 41.3 Å². The van der Waals surface area contributed by atoms with E-state index in [1.807, 2.05) is 19.9 Å². The van der Waals surface area contributed by atoms with Crippen molar-refractivity contribution in [2.45, 2.75) is 30.8 Å². The Balaban J connectivity index is 2.35. The Labute approximate surface area is 151 Å². The molecule has 2 rings (SSSR count). The summed E-state index contributed by atoms with van der Waals surface area (Å²) in [5.74, 6) is 0.146. The molecule has 0 saturated carbocycles. The van der Waals surface area contributed by atoms with Crippen LogP contribution in [-0.4, -0.2) is 13.4 Å². The Bertz CT molecular complexity index is 852. The van der Waals surface area contributed by atoms with Crippen LogP contribution in [0.4, 0.5) is 18.9 Å². The first-order chi connectivity index (χ1) is 11.0. The number of nitrogens with zero attached hydrogens (tertiary/aromatic N) is 1. The summed E-state index contributed by atoms with van der Waals surface area (Å²) in [6, 6.07) is 8.20.